The molecule has 2 aromatic carbocycles. The average molecular weight is 509 g/mol. The summed E-state index contributed by atoms with van der Waals surface area (Å²) < 4.78 is 25.0. The highest BCUT2D eigenvalue weighted by Crippen LogP contribution is 2.48. The fourth-order valence-corrected chi connectivity index (χ4v) is 5.50. The van der Waals surface area contributed by atoms with E-state index in [-0.39, 0.29) is 24.3 Å². The van der Waals surface area contributed by atoms with Crippen molar-refractivity contribution < 1.29 is 18.0 Å². The van der Waals surface area contributed by atoms with Crippen LogP contribution in [0.1, 0.15) is 48.8 Å². The fourth-order valence-electron chi connectivity index (χ4n) is 4.68. The van der Waals surface area contributed by atoms with Crippen molar-refractivity contribution in [1.29, 1.82) is 0 Å². The lowest BCUT2D eigenvalue weighted by Gasteiger charge is -2.45. The number of nitrogens with zero attached hydrogens (tertiary/aromatic N) is 1. The van der Waals surface area contributed by atoms with E-state index in [4.69, 9.17) is 23.2 Å². The number of halogens is 2. The van der Waals surface area contributed by atoms with Gasteiger partial charge in [0, 0.05) is 34.8 Å². The highest BCUT2D eigenvalue weighted by Gasteiger charge is 2.45. The number of rotatable bonds is 7. The molecule has 2 aliphatic rings. The van der Waals surface area contributed by atoms with Crippen LogP contribution in [-0.2, 0) is 19.6 Å². The second-order valence-corrected chi connectivity index (χ2v) is 11.6. The summed E-state index contributed by atoms with van der Waals surface area (Å²) in [5.74, 6) is -1.09. The largest absolute Gasteiger partial charge is 0.335 e. The van der Waals surface area contributed by atoms with Crippen molar-refractivity contribution in [3.63, 3.8) is 0 Å². The van der Waals surface area contributed by atoms with Crippen molar-refractivity contribution in [2.45, 2.75) is 37.6 Å². The predicted octanol–water partition coefficient (Wildman–Crippen LogP) is 4.54. The Bertz CT molecular complexity index is 1150. The van der Waals surface area contributed by atoms with Crippen LogP contribution in [0.25, 0.3) is 0 Å². The van der Waals surface area contributed by atoms with Gasteiger partial charge in [-0.2, -0.15) is 0 Å². The van der Waals surface area contributed by atoms with Gasteiger partial charge in [0.05, 0.1) is 12.3 Å². The van der Waals surface area contributed by atoms with Crippen molar-refractivity contribution in [3.8, 4) is 0 Å². The summed E-state index contributed by atoms with van der Waals surface area (Å²) in [5, 5.41) is 1.21. The van der Waals surface area contributed by atoms with Gasteiger partial charge >= 0.3 is 0 Å². The second-order valence-electron chi connectivity index (χ2n) is 9.03. The van der Waals surface area contributed by atoms with Crippen molar-refractivity contribution in [2.24, 2.45) is 11.8 Å². The quantitative estimate of drug-likeness (QED) is 0.594. The third kappa shape index (κ3) is 6.08. The molecule has 0 aromatic heterocycles. The molecule has 1 heterocycles. The van der Waals surface area contributed by atoms with Gasteiger partial charge in [0.15, 0.2) is 0 Å². The van der Waals surface area contributed by atoms with Crippen molar-refractivity contribution in [2.75, 3.05) is 12.8 Å². The summed E-state index contributed by atoms with van der Waals surface area (Å²) in [5.41, 5.74) is 1.95. The molecule has 0 spiro atoms. The van der Waals surface area contributed by atoms with Crippen LogP contribution in [0.2, 0.25) is 10.0 Å². The Hall–Kier alpha value is -2.09. The standard InChI is InChI=1S/C24H26Cl2N2O4S/c1-33(31,32)27-22(29)13-18-12-21(17-3-2-4-20(26)11-17)23(16-7-9-19(25)10-8-16)28(24(18)30)14-15-5-6-15/h2-4,7-11,15,18,21,23H,5-6,12-14H2,1H3,(H,27,29)/t18-,21?,23+/m0/s1. The molecule has 0 bridgehead atoms. The van der Waals surface area contributed by atoms with E-state index in [9.17, 15) is 18.0 Å². The van der Waals surface area contributed by atoms with Crippen LogP contribution in [0.3, 0.4) is 0 Å². The van der Waals surface area contributed by atoms with Gasteiger partial charge in [0.2, 0.25) is 21.8 Å². The average Bonchev–Trinajstić information content (AvgIpc) is 3.54. The number of hydrogen-bond donors (Lipinski definition) is 1. The van der Waals surface area contributed by atoms with E-state index in [1.54, 1.807) is 6.07 Å². The lowest BCUT2D eigenvalue weighted by molar-refractivity contribution is -0.145. The maximum Gasteiger partial charge on any atom is 0.234 e. The zero-order valence-electron chi connectivity index (χ0n) is 18.2. The third-order valence-corrected chi connectivity index (χ3v) is 7.34. The maximum atomic E-state index is 13.6. The minimum absolute atomic E-state index is 0.114. The van der Waals surface area contributed by atoms with E-state index in [0.29, 0.717) is 28.9 Å². The van der Waals surface area contributed by atoms with Crippen LogP contribution in [0, 0.1) is 11.8 Å². The first-order chi connectivity index (χ1) is 15.6. The molecule has 9 heteroatoms. The summed E-state index contributed by atoms with van der Waals surface area (Å²) >= 11 is 12.4. The first-order valence-corrected chi connectivity index (χ1v) is 13.6. The van der Waals surface area contributed by atoms with E-state index in [2.05, 4.69) is 0 Å². The Morgan fingerprint density at radius 1 is 1.06 bits per heavy atom. The number of piperidine rings is 1. The number of carbonyl (C=O) groups excluding carboxylic acids is 2. The lowest BCUT2D eigenvalue weighted by Crippen LogP contribution is -2.49. The molecule has 33 heavy (non-hydrogen) atoms. The SMILES string of the molecule is CS(=O)(=O)NC(=O)C[C@@H]1CC(c2cccc(Cl)c2)[C@@H](c2ccc(Cl)cc2)N(CC2CC2)C1=O. The summed E-state index contributed by atoms with van der Waals surface area (Å²) in [7, 11) is -3.70. The third-order valence-electron chi connectivity index (χ3n) is 6.26. The lowest BCUT2D eigenvalue weighted by atomic mass is 9.74. The molecule has 176 valence electrons. The molecule has 1 aliphatic carbocycles. The number of likely N-dealkylation sites (tertiary alicyclic amines) is 1. The molecule has 1 unspecified atom stereocenters. The molecule has 1 saturated heterocycles. The first kappa shape index (κ1) is 24.0. The minimum Gasteiger partial charge on any atom is -0.335 e. The molecular weight excluding hydrogens is 483 g/mol. The summed E-state index contributed by atoms with van der Waals surface area (Å²) in [6, 6.07) is 14.8. The number of amides is 2. The van der Waals surface area contributed by atoms with Gasteiger partial charge in [-0.05, 0) is 60.6 Å². The van der Waals surface area contributed by atoms with E-state index in [1.807, 2.05) is 52.1 Å². The minimum atomic E-state index is -3.70. The van der Waals surface area contributed by atoms with Crippen LogP contribution < -0.4 is 4.72 Å². The van der Waals surface area contributed by atoms with E-state index in [0.717, 1.165) is 30.2 Å². The van der Waals surface area contributed by atoms with Gasteiger partial charge in [-0.25, -0.2) is 8.42 Å². The van der Waals surface area contributed by atoms with Gasteiger partial charge in [-0.1, -0.05) is 47.5 Å². The monoisotopic (exact) mass is 508 g/mol. The van der Waals surface area contributed by atoms with Crippen LogP contribution in [-0.4, -0.2) is 37.9 Å². The highest BCUT2D eigenvalue weighted by atomic mass is 35.5. The van der Waals surface area contributed by atoms with Gasteiger partial charge in [-0.15, -0.1) is 0 Å². The Labute approximate surface area is 204 Å². The Morgan fingerprint density at radius 3 is 2.36 bits per heavy atom. The summed E-state index contributed by atoms with van der Waals surface area (Å²) in [6.45, 7) is 0.605. The second kappa shape index (κ2) is 9.65. The van der Waals surface area contributed by atoms with E-state index < -0.39 is 21.8 Å². The molecule has 3 atom stereocenters. The highest BCUT2D eigenvalue weighted by molar-refractivity contribution is 7.89. The van der Waals surface area contributed by atoms with Crippen LogP contribution in [0.4, 0.5) is 0 Å². The molecule has 2 fully saturated rings. The van der Waals surface area contributed by atoms with Crippen molar-refractivity contribution in [1.82, 2.24) is 9.62 Å². The fraction of sp³-hybridized carbons (Fsp3) is 0.417. The number of hydrogen-bond acceptors (Lipinski definition) is 4. The topological polar surface area (TPSA) is 83.6 Å². The van der Waals surface area contributed by atoms with Gasteiger partial charge in [0.1, 0.15) is 0 Å². The van der Waals surface area contributed by atoms with Gasteiger partial charge in [0.25, 0.3) is 0 Å². The Balaban J connectivity index is 1.73. The van der Waals surface area contributed by atoms with Crippen molar-refractivity contribution in [3.05, 3.63) is 69.7 Å². The predicted molar refractivity (Wildman–Crippen MR) is 129 cm³/mol. The summed E-state index contributed by atoms with van der Waals surface area (Å²) in [4.78, 5) is 27.9. The maximum absolute atomic E-state index is 13.6. The normalized spacial score (nSPS) is 23.4. The van der Waals surface area contributed by atoms with Crippen LogP contribution in [0.5, 0.6) is 0 Å². The summed E-state index contributed by atoms with van der Waals surface area (Å²) in [6.07, 6.45) is 3.29. The molecule has 1 saturated carbocycles. The number of carbonyl (C=O) groups is 2. The van der Waals surface area contributed by atoms with Crippen molar-refractivity contribution >= 4 is 45.0 Å². The first-order valence-electron chi connectivity index (χ1n) is 10.9. The molecule has 2 aromatic rings. The number of sulfonamides is 1. The molecule has 4 rings (SSSR count). The van der Waals surface area contributed by atoms with Crippen LogP contribution in [0.15, 0.2) is 48.5 Å². The molecule has 1 aliphatic heterocycles. The smallest absolute Gasteiger partial charge is 0.234 e. The molecular formula is C24H26Cl2N2O4S. The Kier molecular flexibility index (Phi) is 7.03. The molecule has 1 N–H and O–H groups in total. The molecule has 0 radical (unpaired) electrons. The van der Waals surface area contributed by atoms with Crippen LogP contribution >= 0.6 is 23.2 Å². The zero-order valence-corrected chi connectivity index (χ0v) is 20.5. The van der Waals surface area contributed by atoms with E-state index in [1.165, 1.54) is 0 Å². The number of nitrogens with one attached hydrogen (secondary N) is 1. The zero-order chi connectivity index (χ0) is 23.8. The Morgan fingerprint density at radius 2 is 1.76 bits per heavy atom. The number of benzene rings is 2. The molecule has 2 amide bonds. The molecule has 6 nitrogen and oxygen atoms in total. The van der Waals surface area contributed by atoms with Gasteiger partial charge in [-0.3, -0.25) is 14.3 Å². The van der Waals surface area contributed by atoms with E-state index >= 15 is 0 Å². The van der Waals surface area contributed by atoms with Gasteiger partial charge < -0.3 is 4.90 Å².